The summed E-state index contributed by atoms with van der Waals surface area (Å²) < 4.78 is 4.41. The van der Waals surface area contributed by atoms with Crippen LogP contribution in [0, 0.1) is 0 Å². The molecule has 1 aromatic heterocycles. The van der Waals surface area contributed by atoms with Gasteiger partial charge in [0.2, 0.25) is 5.91 Å². The average Bonchev–Trinajstić information content (AvgIpc) is 2.68. The first kappa shape index (κ1) is 11.7. The molecule has 0 saturated carbocycles. The number of primary amides is 1. The number of carboxylic acid groups (broad SMARTS) is 1. The minimum absolute atomic E-state index is 0.0734. The number of hydrogen-bond acceptors (Lipinski definition) is 5. The number of aliphatic carboxylic acids is 1. The van der Waals surface area contributed by atoms with Crippen molar-refractivity contribution in [3.8, 4) is 0 Å². The van der Waals surface area contributed by atoms with Gasteiger partial charge in [0.25, 0.3) is 5.91 Å². The topological polar surface area (TPSA) is 136 Å². The Morgan fingerprint density at radius 3 is 2.69 bits per heavy atom. The van der Waals surface area contributed by atoms with Crippen LogP contribution in [-0.4, -0.2) is 34.1 Å². The van der Waals surface area contributed by atoms with Gasteiger partial charge in [-0.2, -0.15) is 0 Å². The summed E-state index contributed by atoms with van der Waals surface area (Å²) in [4.78, 5) is 32.6. The van der Waals surface area contributed by atoms with Gasteiger partial charge in [-0.25, -0.2) is 4.79 Å². The Morgan fingerprint density at radius 2 is 2.25 bits per heavy atom. The van der Waals surface area contributed by atoms with Crippen molar-refractivity contribution in [2.24, 2.45) is 5.73 Å². The first-order valence-electron chi connectivity index (χ1n) is 4.23. The third kappa shape index (κ3) is 3.08. The molecular formula is C8H9N3O5. The van der Waals surface area contributed by atoms with E-state index in [1.807, 2.05) is 0 Å². The van der Waals surface area contributed by atoms with Gasteiger partial charge in [0, 0.05) is 6.07 Å². The summed E-state index contributed by atoms with van der Waals surface area (Å²) in [6.07, 6.45) is 0.678. The van der Waals surface area contributed by atoms with Crippen molar-refractivity contribution < 1.29 is 24.0 Å². The maximum absolute atomic E-state index is 11.4. The van der Waals surface area contributed by atoms with Crippen molar-refractivity contribution in [3.05, 3.63) is 18.0 Å². The molecule has 0 aliphatic heterocycles. The lowest BCUT2D eigenvalue weighted by atomic mass is 10.2. The summed E-state index contributed by atoms with van der Waals surface area (Å²) in [7, 11) is 0. The number of carbonyl (C=O) groups is 3. The number of carbonyl (C=O) groups excluding carboxylic acids is 2. The predicted molar refractivity (Wildman–Crippen MR) is 49.2 cm³/mol. The van der Waals surface area contributed by atoms with Gasteiger partial charge < -0.3 is 20.7 Å². The molecule has 8 heteroatoms. The molecule has 1 rings (SSSR count). The fraction of sp³-hybridized carbons (Fsp3) is 0.250. The van der Waals surface area contributed by atoms with Crippen LogP contribution in [-0.2, 0) is 9.59 Å². The van der Waals surface area contributed by atoms with Crippen molar-refractivity contribution in [2.75, 3.05) is 0 Å². The van der Waals surface area contributed by atoms with Crippen LogP contribution in [0.5, 0.6) is 0 Å². The second-order valence-corrected chi connectivity index (χ2v) is 2.92. The number of carboxylic acids is 1. The number of aromatic nitrogens is 1. The first-order valence-corrected chi connectivity index (χ1v) is 4.23. The van der Waals surface area contributed by atoms with Crippen LogP contribution in [0.3, 0.4) is 0 Å². The summed E-state index contributed by atoms with van der Waals surface area (Å²) in [5.41, 5.74) is 4.76. The molecule has 2 amide bonds. The standard InChI is InChI=1S/C8H9N3O5/c9-6(12)3-5(8(14)15)10-7(13)4-1-2-16-11-4/h1-2,5H,3H2,(H2,9,12)(H,10,13)(H,14,15)/t5-/m0/s1. The van der Waals surface area contributed by atoms with Crippen molar-refractivity contribution in [2.45, 2.75) is 12.5 Å². The number of nitrogens with one attached hydrogen (secondary N) is 1. The molecule has 1 heterocycles. The van der Waals surface area contributed by atoms with E-state index in [-0.39, 0.29) is 5.69 Å². The molecule has 8 nitrogen and oxygen atoms in total. The van der Waals surface area contributed by atoms with Crippen LogP contribution >= 0.6 is 0 Å². The van der Waals surface area contributed by atoms with E-state index >= 15 is 0 Å². The van der Waals surface area contributed by atoms with Gasteiger partial charge >= 0.3 is 5.97 Å². The van der Waals surface area contributed by atoms with Crippen molar-refractivity contribution in [1.82, 2.24) is 10.5 Å². The SMILES string of the molecule is NC(=O)C[C@H](NC(=O)c1ccon1)C(=O)O. The smallest absolute Gasteiger partial charge is 0.326 e. The second kappa shape index (κ2) is 4.91. The van der Waals surface area contributed by atoms with E-state index in [0.717, 1.165) is 0 Å². The van der Waals surface area contributed by atoms with E-state index in [4.69, 9.17) is 10.8 Å². The lowest BCUT2D eigenvalue weighted by molar-refractivity contribution is -0.140. The van der Waals surface area contributed by atoms with Crippen LogP contribution < -0.4 is 11.1 Å². The summed E-state index contributed by atoms with van der Waals surface area (Å²) in [6, 6.07) is -0.111. The molecule has 86 valence electrons. The summed E-state index contributed by atoms with van der Waals surface area (Å²) in [5, 5.41) is 14.1. The summed E-state index contributed by atoms with van der Waals surface area (Å²) >= 11 is 0. The van der Waals surface area contributed by atoms with Gasteiger partial charge in [0.1, 0.15) is 12.3 Å². The summed E-state index contributed by atoms with van der Waals surface area (Å²) in [6.45, 7) is 0. The molecule has 0 saturated heterocycles. The highest BCUT2D eigenvalue weighted by atomic mass is 16.5. The van der Waals surface area contributed by atoms with Crippen LogP contribution in [0.15, 0.2) is 16.9 Å². The quantitative estimate of drug-likeness (QED) is 0.574. The van der Waals surface area contributed by atoms with Crippen LogP contribution in [0.25, 0.3) is 0 Å². The lowest BCUT2D eigenvalue weighted by Gasteiger charge is -2.10. The van der Waals surface area contributed by atoms with E-state index in [2.05, 4.69) is 15.0 Å². The Kier molecular flexibility index (Phi) is 3.59. The Balaban J connectivity index is 2.65. The van der Waals surface area contributed by atoms with Crippen molar-refractivity contribution in [1.29, 1.82) is 0 Å². The molecule has 0 aromatic carbocycles. The molecule has 0 aliphatic rings. The molecule has 0 bridgehead atoms. The first-order chi connectivity index (χ1) is 7.50. The van der Waals surface area contributed by atoms with Crippen LogP contribution in [0.1, 0.15) is 16.9 Å². The predicted octanol–water partition coefficient (Wildman–Crippen LogP) is -1.27. The molecule has 4 N–H and O–H groups in total. The highest BCUT2D eigenvalue weighted by molar-refractivity contribution is 5.95. The lowest BCUT2D eigenvalue weighted by Crippen LogP contribution is -2.43. The molecule has 0 radical (unpaired) electrons. The Bertz CT molecular complexity index is 400. The van der Waals surface area contributed by atoms with Crippen molar-refractivity contribution >= 4 is 17.8 Å². The fourth-order valence-electron chi connectivity index (χ4n) is 0.963. The van der Waals surface area contributed by atoms with Crippen molar-refractivity contribution in [3.63, 3.8) is 0 Å². The third-order valence-electron chi connectivity index (χ3n) is 1.68. The zero-order chi connectivity index (χ0) is 12.1. The zero-order valence-electron chi connectivity index (χ0n) is 8.04. The van der Waals surface area contributed by atoms with Gasteiger partial charge in [-0.1, -0.05) is 5.16 Å². The molecule has 0 aliphatic carbocycles. The molecule has 1 aromatic rings. The highest BCUT2D eigenvalue weighted by Gasteiger charge is 2.23. The zero-order valence-corrected chi connectivity index (χ0v) is 8.04. The number of hydrogen-bond donors (Lipinski definition) is 3. The Labute approximate surface area is 89.4 Å². The van der Waals surface area contributed by atoms with Crippen LogP contribution in [0.4, 0.5) is 0 Å². The number of nitrogens with two attached hydrogens (primary N) is 1. The average molecular weight is 227 g/mol. The van der Waals surface area contributed by atoms with E-state index in [0.29, 0.717) is 0 Å². The van der Waals surface area contributed by atoms with E-state index in [1.54, 1.807) is 0 Å². The largest absolute Gasteiger partial charge is 0.480 e. The van der Waals surface area contributed by atoms with Gasteiger partial charge in [0.05, 0.1) is 6.42 Å². The number of nitrogens with zero attached hydrogens (tertiary/aromatic N) is 1. The van der Waals surface area contributed by atoms with E-state index in [1.165, 1.54) is 12.3 Å². The molecule has 16 heavy (non-hydrogen) atoms. The number of rotatable bonds is 5. The van der Waals surface area contributed by atoms with Gasteiger partial charge in [-0.05, 0) is 0 Å². The number of amides is 2. The molecule has 0 spiro atoms. The van der Waals surface area contributed by atoms with Crippen LogP contribution in [0.2, 0.25) is 0 Å². The highest BCUT2D eigenvalue weighted by Crippen LogP contribution is 1.98. The molecule has 1 atom stereocenters. The minimum Gasteiger partial charge on any atom is -0.480 e. The van der Waals surface area contributed by atoms with E-state index in [9.17, 15) is 14.4 Å². The molecule has 0 unspecified atom stereocenters. The maximum Gasteiger partial charge on any atom is 0.326 e. The Morgan fingerprint density at radius 1 is 1.56 bits per heavy atom. The maximum atomic E-state index is 11.4. The van der Waals surface area contributed by atoms with E-state index < -0.39 is 30.2 Å². The normalized spacial score (nSPS) is 11.8. The third-order valence-corrected chi connectivity index (χ3v) is 1.68. The van der Waals surface area contributed by atoms with Gasteiger partial charge in [-0.15, -0.1) is 0 Å². The minimum atomic E-state index is -1.37. The summed E-state index contributed by atoms with van der Waals surface area (Å²) in [5.74, 6) is -2.93. The second-order valence-electron chi connectivity index (χ2n) is 2.92. The Hall–Kier alpha value is -2.38. The monoisotopic (exact) mass is 227 g/mol. The fourth-order valence-corrected chi connectivity index (χ4v) is 0.963. The van der Waals surface area contributed by atoms with Gasteiger partial charge in [-0.3, -0.25) is 9.59 Å². The van der Waals surface area contributed by atoms with Gasteiger partial charge in [0.15, 0.2) is 5.69 Å². The molecular weight excluding hydrogens is 218 g/mol. The molecule has 0 fully saturated rings.